The van der Waals surface area contributed by atoms with Gasteiger partial charge in [0.05, 0.1) is 16.5 Å². The highest BCUT2D eigenvalue weighted by molar-refractivity contribution is 5.90. The maximum absolute atomic E-state index is 13.6. The van der Waals surface area contributed by atoms with Crippen molar-refractivity contribution in [2.24, 2.45) is 0 Å². The van der Waals surface area contributed by atoms with E-state index < -0.39 is 11.6 Å². The second-order valence-corrected chi connectivity index (χ2v) is 8.09. The highest BCUT2D eigenvalue weighted by atomic mass is 16.4. The zero-order valence-electron chi connectivity index (χ0n) is 17.5. The molecule has 1 aliphatic carbocycles. The lowest BCUT2D eigenvalue weighted by Gasteiger charge is -2.42. The first-order chi connectivity index (χ1) is 16.0. The topological polar surface area (TPSA) is 116 Å². The van der Waals surface area contributed by atoms with Gasteiger partial charge in [0.25, 0.3) is 0 Å². The molecule has 2 aromatic heterocycles. The predicted octanol–water partition coefficient (Wildman–Crippen LogP) is 5.04. The first-order valence-electron chi connectivity index (χ1n) is 10.6. The number of rotatable bonds is 4. The van der Waals surface area contributed by atoms with Gasteiger partial charge in [-0.2, -0.15) is 5.26 Å². The largest absolute Gasteiger partial charge is 0.465 e. The number of aromatic nitrogens is 1. The third kappa shape index (κ3) is 3.42. The van der Waals surface area contributed by atoms with Crippen molar-refractivity contribution in [3.05, 3.63) is 88.3 Å². The standard InChI is InChI=1S/C26H19N3O4/c27-15-20-24-19(11-14-28-20)22(30)21(23(33-24)17-5-2-1-3-6-17)16-7-9-18(10-8-16)26(12-4-13-26)29-25(31)32/h1-3,5-11,14,29H,4,12-13H2,(H,31,32). The Hall–Kier alpha value is -4.44. The maximum atomic E-state index is 13.6. The van der Waals surface area contributed by atoms with Crippen molar-refractivity contribution in [3.63, 3.8) is 0 Å². The Morgan fingerprint density at radius 2 is 1.79 bits per heavy atom. The fourth-order valence-electron chi connectivity index (χ4n) is 4.43. The Kier molecular flexibility index (Phi) is 4.91. The van der Waals surface area contributed by atoms with E-state index in [0.29, 0.717) is 22.5 Å². The second kappa shape index (κ2) is 7.92. The zero-order valence-corrected chi connectivity index (χ0v) is 17.5. The molecule has 0 radical (unpaired) electrons. The summed E-state index contributed by atoms with van der Waals surface area (Å²) in [5, 5.41) is 21.6. The molecule has 0 atom stereocenters. The predicted molar refractivity (Wildman–Crippen MR) is 123 cm³/mol. The summed E-state index contributed by atoms with van der Waals surface area (Å²) in [5.41, 5.74) is 1.95. The van der Waals surface area contributed by atoms with Crippen molar-refractivity contribution in [1.82, 2.24) is 10.3 Å². The molecule has 0 bridgehead atoms. The zero-order chi connectivity index (χ0) is 23.0. The van der Waals surface area contributed by atoms with Crippen molar-refractivity contribution in [3.8, 4) is 28.5 Å². The quantitative estimate of drug-likeness (QED) is 0.462. The number of amides is 1. The highest BCUT2D eigenvalue weighted by Gasteiger charge is 2.40. The molecule has 2 heterocycles. The van der Waals surface area contributed by atoms with Gasteiger partial charge in [0.15, 0.2) is 11.3 Å². The van der Waals surface area contributed by atoms with Crippen LogP contribution in [0.4, 0.5) is 4.79 Å². The Bertz CT molecular complexity index is 1460. The molecule has 0 spiro atoms. The van der Waals surface area contributed by atoms with Crippen LogP contribution in [-0.2, 0) is 5.54 Å². The van der Waals surface area contributed by atoms with Crippen molar-refractivity contribution in [1.29, 1.82) is 5.26 Å². The summed E-state index contributed by atoms with van der Waals surface area (Å²) in [6, 6.07) is 20.1. The summed E-state index contributed by atoms with van der Waals surface area (Å²) in [6.45, 7) is 0. The van der Waals surface area contributed by atoms with Gasteiger partial charge in [-0.1, -0.05) is 54.6 Å². The number of benzene rings is 2. The van der Waals surface area contributed by atoms with Crippen LogP contribution in [0.15, 0.2) is 76.1 Å². The molecule has 0 aliphatic heterocycles. The number of nitrogens with zero attached hydrogens (tertiary/aromatic N) is 2. The molecule has 7 nitrogen and oxygen atoms in total. The van der Waals surface area contributed by atoms with E-state index in [4.69, 9.17) is 4.42 Å². The Morgan fingerprint density at radius 1 is 1.06 bits per heavy atom. The third-order valence-electron chi connectivity index (χ3n) is 6.23. The fraction of sp³-hybridized carbons (Fsp3) is 0.154. The second-order valence-electron chi connectivity index (χ2n) is 8.09. The van der Waals surface area contributed by atoms with Gasteiger partial charge >= 0.3 is 6.09 Å². The molecule has 0 unspecified atom stereocenters. The van der Waals surface area contributed by atoms with E-state index in [0.717, 1.165) is 24.8 Å². The van der Waals surface area contributed by atoms with Gasteiger partial charge in [-0.05, 0) is 36.5 Å². The molecule has 7 heteroatoms. The number of carbonyl (C=O) groups is 1. The normalized spacial score (nSPS) is 14.3. The molecule has 1 saturated carbocycles. The Balaban J connectivity index is 1.71. The minimum Gasteiger partial charge on any atom is -0.465 e. The monoisotopic (exact) mass is 437 g/mol. The maximum Gasteiger partial charge on any atom is 0.405 e. The summed E-state index contributed by atoms with van der Waals surface area (Å²) in [7, 11) is 0. The summed E-state index contributed by atoms with van der Waals surface area (Å²) in [6.07, 6.45) is 2.78. The first kappa shape index (κ1) is 20.5. The molecular formula is C26H19N3O4. The highest BCUT2D eigenvalue weighted by Crippen LogP contribution is 2.42. The van der Waals surface area contributed by atoms with Crippen LogP contribution in [-0.4, -0.2) is 16.2 Å². The van der Waals surface area contributed by atoms with Crippen LogP contribution in [0.25, 0.3) is 33.4 Å². The van der Waals surface area contributed by atoms with E-state index in [1.54, 1.807) is 6.07 Å². The molecule has 2 N–H and O–H groups in total. The lowest BCUT2D eigenvalue weighted by Crippen LogP contribution is -2.50. The number of carboxylic acid groups (broad SMARTS) is 1. The molecule has 1 amide bonds. The van der Waals surface area contributed by atoms with E-state index in [2.05, 4.69) is 10.3 Å². The van der Waals surface area contributed by atoms with Gasteiger partial charge in [-0.15, -0.1) is 0 Å². The molecule has 5 rings (SSSR count). The number of pyridine rings is 1. The minimum absolute atomic E-state index is 0.0512. The lowest BCUT2D eigenvalue weighted by atomic mass is 9.71. The van der Waals surface area contributed by atoms with Crippen LogP contribution in [0.2, 0.25) is 0 Å². The van der Waals surface area contributed by atoms with E-state index in [1.807, 2.05) is 60.7 Å². The van der Waals surface area contributed by atoms with Gasteiger partial charge < -0.3 is 14.8 Å². The van der Waals surface area contributed by atoms with Crippen LogP contribution in [0.5, 0.6) is 0 Å². The molecule has 4 aromatic rings. The van der Waals surface area contributed by atoms with Gasteiger partial charge in [0, 0.05) is 11.8 Å². The minimum atomic E-state index is -1.05. The van der Waals surface area contributed by atoms with Crippen LogP contribution in [0.1, 0.15) is 30.5 Å². The van der Waals surface area contributed by atoms with E-state index >= 15 is 0 Å². The molecule has 1 aliphatic rings. The van der Waals surface area contributed by atoms with Gasteiger partial charge in [-0.3, -0.25) is 4.79 Å². The van der Waals surface area contributed by atoms with Crippen LogP contribution in [0.3, 0.4) is 0 Å². The average Bonchev–Trinajstić information content (AvgIpc) is 2.81. The van der Waals surface area contributed by atoms with Crippen molar-refractivity contribution < 1.29 is 14.3 Å². The van der Waals surface area contributed by atoms with Crippen molar-refractivity contribution >= 4 is 17.1 Å². The number of nitriles is 1. The molecule has 162 valence electrons. The summed E-state index contributed by atoms with van der Waals surface area (Å²) >= 11 is 0. The molecule has 1 fully saturated rings. The third-order valence-corrected chi connectivity index (χ3v) is 6.23. The van der Waals surface area contributed by atoms with Crippen LogP contribution < -0.4 is 10.7 Å². The van der Waals surface area contributed by atoms with Gasteiger partial charge in [-0.25, -0.2) is 9.78 Å². The van der Waals surface area contributed by atoms with Gasteiger partial charge in [0.1, 0.15) is 11.8 Å². The van der Waals surface area contributed by atoms with Gasteiger partial charge in [0.2, 0.25) is 5.43 Å². The van der Waals surface area contributed by atoms with Crippen LogP contribution >= 0.6 is 0 Å². The average molecular weight is 437 g/mol. The number of nitrogens with one attached hydrogen (secondary N) is 1. The van der Waals surface area contributed by atoms with E-state index in [-0.39, 0.29) is 22.1 Å². The fourth-order valence-corrected chi connectivity index (χ4v) is 4.43. The Labute approximate surface area is 188 Å². The number of fused-ring (bicyclic) bond motifs is 1. The van der Waals surface area contributed by atoms with Crippen LogP contribution in [0, 0.1) is 11.3 Å². The molecule has 0 saturated heterocycles. The van der Waals surface area contributed by atoms with E-state index in [1.165, 1.54) is 6.20 Å². The SMILES string of the molecule is N#Cc1nccc2c(=O)c(-c3ccc(C4(NC(=O)O)CCC4)cc3)c(-c3ccccc3)oc12. The molecule has 2 aromatic carbocycles. The summed E-state index contributed by atoms with van der Waals surface area (Å²) in [4.78, 5) is 28.9. The van der Waals surface area contributed by atoms with Crippen molar-refractivity contribution in [2.45, 2.75) is 24.8 Å². The van der Waals surface area contributed by atoms with E-state index in [9.17, 15) is 20.0 Å². The first-order valence-corrected chi connectivity index (χ1v) is 10.6. The molecular weight excluding hydrogens is 418 g/mol. The Morgan fingerprint density at radius 3 is 2.39 bits per heavy atom. The lowest BCUT2D eigenvalue weighted by molar-refractivity contribution is 0.144. The molecule has 33 heavy (non-hydrogen) atoms. The summed E-state index contributed by atoms with van der Waals surface area (Å²) < 4.78 is 6.14. The van der Waals surface area contributed by atoms with Crippen molar-refractivity contribution in [2.75, 3.05) is 0 Å². The summed E-state index contributed by atoms with van der Waals surface area (Å²) in [5.74, 6) is 0.354. The smallest absolute Gasteiger partial charge is 0.405 e. The number of hydrogen-bond donors (Lipinski definition) is 2. The number of hydrogen-bond acceptors (Lipinski definition) is 5.